The Morgan fingerprint density at radius 3 is 2.40 bits per heavy atom. The molecule has 6 heteroatoms. The van der Waals surface area contributed by atoms with Crippen molar-refractivity contribution < 1.29 is 14.0 Å². The third-order valence-corrected chi connectivity index (χ3v) is 3.50. The Morgan fingerprint density at radius 1 is 0.880 bits per heavy atom. The van der Waals surface area contributed by atoms with Crippen molar-refractivity contribution in [1.29, 1.82) is 0 Å². The van der Waals surface area contributed by atoms with E-state index in [2.05, 4.69) is 15.8 Å². The molecule has 0 aromatic heterocycles. The van der Waals surface area contributed by atoms with Gasteiger partial charge in [-0.25, -0.2) is 9.82 Å². The van der Waals surface area contributed by atoms with Crippen LogP contribution in [0.4, 0.5) is 10.1 Å². The summed E-state index contributed by atoms with van der Waals surface area (Å²) in [6, 6.07) is 18.6. The second-order valence-electron chi connectivity index (χ2n) is 5.23. The number of rotatable bonds is 3. The number of nitrogens with one attached hydrogen (secondary N) is 2. The van der Waals surface area contributed by atoms with Crippen molar-refractivity contribution in [3.8, 4) is 0 Å². The molecule has 0 atom stereocenters. The average Bonchev–Trinajstić information content (AvgIpc) is 2.63. The molecule has 0 fully saturated rings. The van der Waals surface area contributed by atoms with Crippen LogP contribution in [0.3, 0.4) is 0 Å². The topological polar surface area (TPSA) is 70.6 Å². The maximum Gasteiger partial charge on any atom is 0.329 e. The predicted molar refractivity (Wildman–Crippen MR) is 94.7 cm³/mol. The summed E-state index contributed by atoms with van der Waals surface area (Å²) in [5.41, 5.74) is 3.31. The standard InChI is InChI=1S/C19H14FN3O2/c20-15-8-10-16(11-9-15)22-18(24)19(25)23-21-12-14-6-3-5-13-4-1-2-7-17(13)14/h1-12H,(H,22,24)(H,23,25)/b21-12-. The van der Waals surface area contributed by atoms with Crippen molar-refractivity contribution in [3.63, 3.8) is 0 Å². The van der Waals surface area contributed by atoms with E-state index in [1.807, 2.05) is 42.5 Å². The van der Waals surface area contributed by atoms with Crippen molar-refractivity contribution in [2.75, 3.05) is 5.32 Å². The van der Waals surface area contributed by atoms with Crippen LogP contribution in [0.5, 0.6) is 0 Å². The molecule has 0 saturated carbocycles. The van der Waals surface area contributed by atoms with Crippen LogP contribution >= 0.6 is 0 Å². The van der Waals surface area contributed by atoms with Gasteiger partial charge in [-0.1, -0.05) is 42.5 Å². The maximum absolute atomic E-state index is 12.8. The lowest BCUT2D eigenvalue weighted by Crippen LogP contribution is -2.32. The molecule has 0 bridgehead atoms. The Labute approximate surface area is 143 Å². The van der Waals surface area contributed by atoms with Crippen LogP contribution in [0.15, 0.2) is 71.8 Å². The van der Waals surface area contributed by atoms with Crippen molar-refractivity contribution in [2.24, 2.45) is 5.10 Å². The molecule has 0 heterocycles. The Morgan fingerprint density at radius 2 is 1.60 bits per heavy atom. The van der Waals surface area contributed by atoms with Gasteiger partial charge in [-0.15, -0.1) is 0 Å². The van der Waals surface area contributed by atoms with Gasteiger partial charge in [0.05, 0.1) is 6.21 Å². The molecule has 5 nitrogen and oxygen atoms in total. The first-order valence-electron chi connectivity index (χ1n) is 7.51. The lowest BCUT2D eigenvalue weighted by molar-refractivity contribution is -0.136. The number of halogens is 1. The molecule has 25 heavy (non-hydrogen) atoms. The number of hydrogen-bond donors (Lipinski definition) is 2. The normalized spacial score (nSPS) is 10.8. The summed E-state index contributed by atoms with van der Waals surface area (Å²) in [6.07, 6.45) is 1.48. The van der Waals surface area contributed by atoms with E-state index in [4.69, 9.17) is 0 Å². The molecule has 2 amide bonds. The molecule has 0 radical (unpaired) electrons. The number of hydrazone groups is 1. The minimum Gasteiger partial charge on any atom is -0.318 e. The Hall–Kier alpha value is -3.54. The zero-order valence-electron chi connectivity index (χ0n) is 13.1. The summed E-state index contributed by atoms with van der Waals surface area (Å²) in [4.78, 5) is 23.5. The van der Waals surface area contributed by atoms with E-state index in [9.17, 15) is 14.0 Å². The van der Waals surface area contributed by atoms with Gasteiger partial charge in [0.15, 0.2) is 0 Å². The number of carbonyl (C=O) groups excluding carboxylic acids is 2. The van der Waals surface area contributed by atoms with Crippen LogP contribution in [-0.2, 0) is 9.59 Å². The van der Waals surface area contributed by atoms with Gasteiger partial charge in [0.2, 0.25) is 0 Å². The van der Waals surface area contributed by atoms with Crippen LogP contribution < -0.4 is 10.7 Å². The summed E-state index contributed by atoms with van der Waals surface area (Å²) in [7, 11) is 0. The van der Waals surface area contributed by atoms with Gasteiger partial charge in [-0.3, -0.25) is 9.59 Å². The van der Waals surface area contributed by atoms with E-state index in [-0.39, 0.29) is 0 Å². The maximum atomic E-state index is 12.8. The predicted octanol–water partition coefficient (Wildman–Crippen LogP) is 3.07. The number of nitrogens with zero attached hydrogens (tertiary/aromatic N) is 1. The molecule has 0 aliphatic carbocycles. The summed E-state index contributed by atoms with van der Waals surface area (Å²) in [5.74, 6) is -2.23. The first kappa shape index (κ1) is 16.3. The van der Waals surface area contributed by atoms with Gasteiger partial charge in [0.25, 0.3) is 0 Å². The highest BCUT2D eigenvalue weighted by Gasteiger charge is 2.12. The highest BCUT2D eigenvalue weighted by molar-refractivity contribution is 6.39. The van der Waals surface area contributed by atoms with Crippen molar-refractivity contribution in [1.82, 2.24) is 5.43 Å². The van der Waals surface area contributed by atoms with Crippen LogP contribution in [-0.4, -0.2) is 18.0 Å². The molecular weight excluding hydrogens is 321 g/mol. The number of benzene rings is 3. The Kier molecular flexibility index (Phi) is 4.80. The zero-order valence-corrected chi connectivity index (χ0v) is 13.1. The molecule has 2 N–H and O–H groups in total. The molecule has 3 aromatic carbocycles. The summed E-state index contributed by atoms with van der Waals surface area (Å²) in [6.45, 7) is 0. The van der Waals surface area contributed by atoms with Crippen LogP contribution in [0, 0.1) is 5.82 Å². The largest absolute Gasteiger partial charge is 0.329 e. The van der Waals surface area contributed by atoms with Gasteiger partial charge in [0, 0.05) is 11.3 Å². The first-order valence-corrected chi connectivity index (χ1v) is 7.51. The number of fused-ring (bicyclic) bond motifs is 1. The lowest BCUT2D eigenvalue weighted by Gasteiger charge is -2.04. The smallest absolute Gasteiger partial charge is 0.318 e. The summed E-state index contributed by atoms with van der Waals surface area (Å²) >= 11 is 0. The SMILES string of the molecule is O=C(N/N=C\c1cccc2ccccc12)C(=O)Nc1ccc(F)cc1. The molecule has 0 aliphatic rings. The molecule has 124 valence electrons. The first-order chi connectivity index (χ1) is 12.1. The molecule has 3 aromatic rings. The number of hydrogen-bond acceptors (Lipinski definition) is 3. The fourth-order valence-electron chi connectivity index (χ4n) is 2.30. The van der Waals surface area contributed by atoms with Gasteiger partial charge in [-0.2, -0.15) is 5.10 Å². The Bertz CT molecular complexity index is 947. The molecule has 3 rings (SSSR count). The fourth-order valence-corrected chi connectivity index (χ4v) is 2.30. The van der Waals surface area contributed by atoms with Crippen molar-refractivity contribution >= 4 is 34.5 Å². The second kappa shape index (κ2) is 7.35. The van der Waals surface area contributed by atoms with E-state index in [0.717, 1.165) is 16.3 Å². The van der Waals surface area contributed by atoms with Gasteiger partial charge < -0.3 is 5.32 Å². The van der Waals surface area contributed by atoms with Crippen LogP contribution in [0.1, 0.15) is 5.56 Å². The molecule has 0 unspecified atom stereocenters. The zero-order chi connectivity index (χ0) is 17.6. The highest BCUT2D eigenvalue weighted by Crippen LogP contribution is 2.16. The number of anilines is 1. The Balaban J connectivity index is 1.64. The summed E-state index contributed by atoms with van der Waals surface area (Å²) < 4.78 is 12.8. The third kappa shape index (κ3) is 4.06. The highest BCUT2D eigenvalue weighted by atomic mass is 19.1. The van der Waals surface area contributed by atoms with E-state index >= 15 is 0 Å². The molecule has 0 saturated heterocycles. The molecule has 0 aliphatic heterocycles. The summed E-state index contributed by atoms with van der Waals surface area (Å²) in [5, 5.41) is 8.21. The van der Waals surface area contributed by atoms with E-state index in [0.29, 0.717) is 5.69 Å². The quantitative estimate of drug-likeness (QED) is 0.439. The van der Waals surface area contributed by atoms with Gasteiger partial charge >= 0.3 is 11.8 Å². The number of carbonyl (C=O) groups is 2. The van der Waals surface area contributed by atoms with Crippen molar-refractivity contribution in [2.45, 2.75) is 0 Å². The van der Waals surface area contributed by atoms with Crippen LogP contribution in [0.25, 0.3) is 10.8 Å². The monoisotopic (exact) mass is 335 g/mol. The number of amides is 2. The minimum absolute atomic E-state index is 0.319. The van der Waals surface area contributed by atoms with E-state index in [1.165, 1.54) is 30.5 Å². The second-order valence-corrected chi connectivity index (χ2v) is 5.23. The molecule has 0 spiro atoms. The van der Waals surface area contributed by atoms with E-state index < -0.39 is 17.6 Å². The van der Waals surface area contributed by atoms with Gasteiger partial charge in [-0.05, 0) is 35.0 Å². The van der Waals surface area contributed by atoms with Gasteiger partial charge in [0.1, 0.15) is 5.82 Å². The average molecular weight is 335 g/mol. The fraction of sp³-hybridized carbons (Fsp3) is 0. The van der Waals surface area contributed by atoms with E-state index in [1.54, 1.807) is 0 Å². The van der Waals surface area contributed by atoms with Crippen molar-refractivity contribution in [3.05, 3.63) is 78.1 Å². The third-order valence-electron chi connectivity index (χ3n) is 3.50. The molecular formula is C19H14FN3O2. The lowest BCUT2D eigenvalue weighted by atomic mass is 10.1. The minimum atomic E-state index is -0.916. The van der Waals surface area contributed by atoms with Crippen LogP contribution in [0.2, 0.25) is 0 Å².